The summed E-state index contributed by atoms with van der Waals surface area (Å²) in [6, 6.07) is 2.67. The van der Waals surface area contributed by atoms with Crippen molar-refractivity contribution in [3.63, 3.8) is 0 Å². The number of rotatable bonds is 1. The SMILES string of the molecule is C[C@@H]1CN(c2cncc(Br)c2)CCN1. The summed E-state index contributed by atoms with van der Waals surface area (Å²) in [7, 11) is 0. The van der Waals surface area contributed by atoms with E-state index in [0.29, 0.717) is 6.04 Å². The third-order valence-electron chi connectivity index (χ3n) is 2.42. The van der Waals surface area contributed by atoms with Crippen LogP contribution in [-0.2, 0) is 0 Å². The molecule has 0 amide bonds. The van der Waals surface area contributed by atoms with Crippen molar-refractivity contribution in [2.45, 2.75) is 13.0 Å². The van der Waals surface area contributed by atoms with Crippen LogP contribution in [0.25, 0.3) is 0 Å². The molecule has 1 atom stereocenters. The molecule has 1 fully saturated rings. The molecule has 0 aliphatic carbocycles. The first-order valence-electron chi connectivity index (χ1n) is 4.84. The maximum atomic E-state index is 4.18. The third-order valence-corrected chi connectivity index (χ3v) is 2.86. The zero-order valence-electron chi connectivity index (χ0n) is 8.20. The summed E-state index contributed by atoms with van der Waals surface area (Å²) < 4.78 is 1.04. The van der Waals surface area contributed by atoms with Crippen molar-refractivity contribution < 1.29 is 0 Å². The van der Waals surface area contributed by atoms with Crippen molar-refractivity contribution in [2.75, 3.05) is 24.5 Å². The van der Waals surface area contributed by atoms with Gasteiger partial charge < -0.3 is 10.2 Å². The summed E-state index contributed by atoms with van der Waals surface area (Å²) in [6.07, 6.45) is 3.73. The lowest BCUT2D eigenvalue weighted by molar-refractivity contribution is 0.484. The lowest BCUT2D eigenvalue weighted by Crippen LogP contribution is -2.49. The summed E-state index contributed by atoms with van der Waals surface area (Å²) in [4.78, 5) is 6.54. The molecule has 0 unspecified atom stereocenters. The Morgan fingerprint density at radius 1 is 1.57 bits per heavy atom. The van der Waals surface area contributed by atoms with E-state index in [1.165, 1.54) is 5.69 Å². The van der Waals surface area contributed by atoms with Gasteiger partial charge in [-0.25, -0.2) is 0 Å². The third kappa shape index (κ3) is 2.25. The van der Waals surface area contributed by atoms with Gasteiger partial charge >= 0.3 is 0 Å². The molecular formula is C10H14BrN3. The minimum atomic E-state index is 0.558. The van der Waals surface area contributed by atoms with Crippen molar-refractivity contribution in [1.82, 2.24) is 10.3 Å². The van der Waals surface area contributed by atoms with Crippen molar-refractivity contribution in [1.29, 1.82) is 0 Å². The van der Waals surface area contributed by atoms with Crippen LogP contribution in [0.5, 0.6) is 0 Å². The maximum Gasteiger partial charge on any atom is 0.0565 e. The predicted molar refractivity (Wildman–Crippen MR) is 61.6 cm³/mol. The Labute approximate surface area is 92.6 Å². The summed E-state index contributed by atoms with van der Waals surface area (Å²) in [6.45, 7) is 5.37. The van der Waals surface area contributed by atoms with Crippen LogP contribution < -0.4 is 10.2 Å². The second-order valence-electron chi connectivity index (χ2n) is 3.66. The van der Waals surface area contributed by atoms with E-state index in [0.717, 1.165) is 24.1 Å². The topological polar surface area (TPSA) is 28.2 Å². The second kappa shape index (κ2) is 4.28. The molecule has 0 aromatic carbocycles. The van der Waals surface area contributed by atoms with Gasteiger partial charge in [-0.1, -0.05) is 0 Å². The number of hydrogen-bond donors (Lipinski definition) is 1. The zero-order chi connectivity index (χ0) is 9.97. The van der Waals surface area contributed by atoms with Crippen molar-refractivity contribution in [3.8, 4) is 0 Å². The van der Waals surface area contributed by atoms with Crippen LogP contribution in [0.4, 0.5) is 5.69 Å². The predicted octanol–water partition coefficient (Wildman–Crippen LogP) is 1.64. The van der Waals surface area contributed by atoms with E-state index in [-0.39, 0.29) is 0 Å². The molecule has 4 heteroatoms. The van der Waals surface area contributed by atoms with Gasteiger partial charge in [0.2, 0.25) is 0 Å². The van der Waals surface area contributed by atoms with Gasteiger partial charge in [0.15, 0.2) is 0 Å². The van der Waals surface area contributed by atoms with Gasteiger partial charge in [0.05, 0.1) is 11.9 Å². The summed E-state index contributed by atoms with van der Waals surface area (Å²) in [5.41, 5.74) is 1.20. The Morgan fingerprint density at radius 3 is 3.14 bits per heavy atom. The maximum absolute atomic E-state index is 4.18. The molecule has 1 aromatic rings. The molecule has 0 bridgehead atoms. The number of nitrogens with zero attached hydrogens (tertiary/aromatic N) is 2. The van der Waals surface area contributed by atoms with Gasteiger partial charge in [-0.05, 0) is 28.9 Å². The normalized spacial score (nSPS) is 22.4. The van der Waals surface area contributed by atoms with Crippen LogP contribution in [0.2, 0.25) is 0 Å². The highest BCUT2D eigenvalue weighted by atomic mass is 79.9. The van der Waals surface area contributed by atoms with E-state index in [4.69, 9.17) is 0 Å². The molecule has 1 aromatic heterocycles. The monoisotopic (exact) mass is 255 g/mol. The molecule has 1 aliphatic heterocycles. The Morgan fingerprint density at radius 2 is 2.43 bits per heavy atom. The molecule has 0 radical (unpaired) electrons. The van der Waals surface area contributed by atoms with E-state index >= 15 is 0 Å². The molecule has 76 valence electrons. The number of aromatic nitrogens is 1. The number of piperazine rings is 1. The lowest BCUT2D eigenvalue weighted by atomic mass is 10.2. The lowest BCUT2D eigenvalue weighted by Gasteiger charge is -2.33. The molecule has 14 heavy (non-hydrogen) atoms. The fraction of sp³-hybridized carbons (Fsp3) is 0.500. The molecule has 2 rings (SSSR count). The van der Waals surface area contributed by atoms with Crippen molar-refractivity contribution in [2.24, 2.45) is 0 Å². The van der Waals surface area contributed by atoms with Gasteiger partial charge in [0, 0.05) is 36.3 Å². The Bertz CT molecular complexity index is 316. The molecule has 3 nitrogen and oxygen atoms in total. The van der Waals surface area contributed by atoms with Crippen molar-refractivity contribution >= 4 is 21.6 Å². The van der Waals surface area contributed by atoms with E-state index in [1.54, 1.807) is 0 Å². The van der Waals surface area contributed by atoms with Crippen LogP contribution in [0, 0.1) is 0 Å². The molecule has 0 spiro atoms. The molecule has 1 N–H and O–H groups in total. The summed E-state index contributed by atoms with van der Waals surface area (Å²) >= 11 is 3.44. The zero-order valence-corrected chi connectivity index (χ0v) is 9.79. The smallest absolute Gasteiger partial charge is 0.0565 e. The highest BCUT2D eigenvalue weighted by molar-refractivity contribution is 9.10. The van der Waals surface area contributed by atoms with Crippen LogP contribution >= 0.6 is 15.9 Å². The molecule has 1 aliphatic rings. The van der Waals surface area contributed by atoms with Crippen LogP contribution in [0.3, 0.4) is 0 Å². The van der Waals surface area contributed by atoms with E-state index < -0.39 is 0 Å². The quantitative estimate of drug-likeness (QED) is 0.828. The van der Waals surface area contributed by atoms with E-state index in [1.807, 2.05) is 12.4 Å². The number of pyridine rings is 1. The molecular weight excluding hydrogens is 242 g/mol. The number of nitrogens with one attached hydrogen (secondary N) is 1. The first kappa shape index (κ1) is 9.93. The van der Waals surface area contributed by atoms with Crippen molar-refractivity contribution in [3.05, 3.63) is 22.9 Å². The Kier molecular flexibility index (Phi) is 3.03. The van der Waals surface area contributed by atoms with Crippen LogP contribution in [0.15, 0.2) is 22.9 Å². The highest BCUT2D eigenvalue weighted by Crippen LogP contribution is 2.19. The van der Waals surface area contributed by atoms with Crippen LogP contribution in [0.1, 0.15) is 6.92 Å². The fourth-order valence-electron chi connectivity index (χ4n) is 1.74. The Balaban J connectivity index is 2.14. The van der Waals surface area contributed by atoms with Gasteiger partial charge in [0.25, 0.3) is 0 Å². The summed E-state index contributed by atoms with van der Waals surface area (Å²) in [5.74, 6) is 0. The Hall–Kier alpha value is -0.610. The van der Waals surface area contributed by atoms with Gasteiger partial charge in [0.1, 0.15) is 0 Å². The average molecular weight is 256 g/mol. The second-order valence-corrected chi connectivity index (χ2v) is 4.58. The summed E-state index contributed by atoms with van der Waals surface area (Å²) in [5, 5.41) is 3.42. The molecule has 2 heterocycles. The number of hydrogen-bond acceptors (Lipinski definition) is 3. The molecule has 0 saturated carbocycles. The van der Waals surface area contributed by atoms with Gasteiger partial charge in [-0.15, -0.1) is 0 Å². The van der Waals surface area contributed by atoms with E-state index in [9.17, 15) is 0 Å². The molecule has 1 saturated heterocycles. The average Bonchev–Trinajstić information content (AvgIpc) is 2.18. The van der Waals surface area contributed by atoms with Gasteiger partial charge in [-0.2, -0.15) is 0 Å². The van der Waals surface area contributed by atoms with Crippen LogP contribution in [-0.4, -0.2) is 30.7 Å². The standard InChI is InChI=1S/C10H14BrN3/c1-8-7-14(3-2-13-8)10-4-9(11)5-12-6-10/h4-6,8,13H,2-3,7H2,1H3/t8-/m1/s1. The van der Waals surface area contributed by atoms with Gasteiger partial charge in [-0.3, -0.25) is 4.98 Å². The number of halogens is 1. The largest absolute Gasteiger partial charge is 0.367 e. The minimum Gasteiger partial charge on any atom is -0.367 e. The fourth-order valence-corrected chi connectivity index (χ4v) is 2.09. The first-order chi connectivity index (χ1) is 6.75. The number of anilines is 1. The van der Waals surface area contributed by atoms with E-state index in [2.05, 4.69) is 44.1 Å². The first-order valence-corrected chi connectivity index (χ1v) is 5.64. The highest BCUT2D eigenvalue weighted by Gasteiger charge is 2.15. The minimum absolute atomic E-state index is 0.558.